The predicted molar refractivity (Wildman–Crippen MR) is 249 cm³/mol. The van der Waals surface area contributed by atoms with Crippen LogP contribution < -0.4 is 0 Å². The molecular formula is C55H36N2S. The molecule has 12 aromatic rings. The second kappa shape index (κ2) is 11.6. The minimum absolute atomic E-state index is 0.101. The van der Waals surface area contributed by atoms with Crippen LogP contribution in [0.3, 0.4) is 0 Å². The highest BCUT2D eigenvalue weighted by Gasteiger charge is 2.35. The predicted octanol–water partition coefficient (Wildman–Crippen LogP) is 15.4. The van der Waals surface area contributed by atoms with E-state index in [-0.39, 0.29) is 5.41 Å². The van der Waals surface area contributed by atoms with E-state index in [0.717, 1.165) is 0 Å². The molecular weight excluding hydrogens is 721 g/mol. The number of para-hydroxylation sites is 2. The summed E-state index contributed by atoms with van der Waals surface area (Å²) in [5.74, 6) is 0. The van der Waals surface area contributed by atoms with E-state index in [4.69, 9.17) is 0 Å². The van der Waals surface area contributed by atoms with Crippen molar-refractivity contribution in [2.24, 2.45) is 0 Å². The van der Waals surface area contributed by atoms with Crippen LogP contribution in [0, 0.1) is 0 Å². The fraction of sp³-hybridized carbons (Fsp3) is 0.0545. The molecule has 13 rings (SSSR count). The fourth-order valence-electron chi connectivity index (χ4n) is 10.5. The molecule has 3 aromatic heterocycles. The van der Waals surface area contributed by atoms with E-state index < -0.39 is 0 Å². The molecule has 0 N–H and O–H groups in total. The summed E-state index contributed by atoms with van der Waals surface area (Å²) in [6, 6.07) is 67.9. The molecule has 2 nitrogen and oxygen atoms in total. The summed E-state index contributed by atoms with van der Waals surface area (Å²) in [4.78, 5) is 0. The molecule has 1 aliphatic rings. The van der Waals surface area contributed by atoms with Crippen molar-refractivity contribution in [3.8, 4) is 33.6 Å². The first kappa shape index (κ1) is 32.2. The SMILES string of the molecule is CC1(C)c2ccccc2-c2ccc(-n3c4ccc(-c5ccc6c(c5)c5ccccc5n6-c5ccccc5)cc4c4c5ccccc5c5c6ccccc6sc5c43)cc21. The topological polar surface area (TPSA) is 9.86 Å². The van der Waals surface area contributed by atoms with E-state index in [1.54, 1.807) is 0 Å². The standard InChI is InChI=1S/C55H36N2S/c1-55(2)45-21-11-8-16-37(45)38-27-26-36(32-46(38)55)57-49-29-25-34(33-24-28-48-43(30-33)39-17-9-12-22-47(39)56(48)35-14-4-3-5-15-35)31-44(49)51-40-18-6-7-19-41(40)52-42-20-10-13-23-50(42)58-54(52)53(51)57/h3-32H,1-2H3. The highest BCUT2D eigenvalue weighted by Crippen LogP contribution is 2.52. The molecule has 9 aromatic carbocycles. The lowest BCUT2D eigenvalue weighted by atomic mass is 9.82. The second-order valence-corrected chi connectivity index (χ2v) is 17.5. The van der Waals surface area contributed by atoms with Gasteiger partial charge in [0.25, 0.3) is 0 Å². The van der Waals surface area contributed by atoms with Gasteiger partial charge in [-0.25, -0.2) is 0 Å². The van der Waals surface area contributed by atoms with E-state index in [1.165, 1.54) is 119 Å². The second-order valence-electron chi connectivity index (χ2n) is 16.5. The zero-order valence-corrected chi connectivity index (χ0v) is 32.9. The van der Waals surface area contributed by atoms with Gasteiger partial charge in [-0.2, -0.15) is 0 Å². The molecule has 1 aliphatic carbocycles. The van der Waals surface area contributed by atoms with Crippen LogP contribution in [-0.2, 0) is 5.41 Å². The Morgan fingerprint density at radius 2 is 1.00 bits per heavy atom. The molecule has 0 saturated carbocycles. The summed E-state index contributed by atoms with van der Waals surface area (Å²) in [5, 5.41) is 10.4. The van der Waals surface area contributed by atoms with Crippen molar-refractivity contribution in [3.05, 3.63) is 193 Å². The molecule has 0 bridgehead atoms. The smallest absolute Gasteiger partial charge is 0.0726 e. The van der Waals surface area contributed by atoms with Gasteiger partial charge in [-0.3, -0.25) is 0 Å². The van der Waals surface area contributed by atoms with Crippen molar-refractivity contribution < 1.29 is 0 Å². The zero-order valence-electron chi connectivity index (χ0n) is 32.1. The maximum Gasteiger partial charge on any atom is 0.0726 e. The van der Waals surface area contributed by atoms with Crippen molar-refractivity contribution in [1.29, 1.82) is 0 Å². The van der Waals surface area contributed by atoms with Gasteiger partial charge >= 0.3 is 0 Å². The van der Waals surface area contributed by atoms with Crippen LogP contribution in [0.15, 0.2) is 182 Å². The lowest BCUT2D eigenvalue weighted by Gasteiger charge is -2.22. The largest absolute Gasteiger partial charge is 0.309 e. The minimum atomic E-state index is -0.101. The minimum Gasteiger partial charge on any atom is -0.309 e. The molecule has 0 aliphatic heterocycles. The van der Waals surface area contributed by atoms with Gasteiger partial charge in [0, 0.05) is 53.8 Å². The van der Waals surface area contributed by atoms with Crippen LogP contribution in [-0.4, -0.2) is 9.13 Å². The Kier molecular flexibility index (Phi) is 6.42. The van der Waals surface area contributed by atoms with Crippen molar-refractivity contribution in [3.63, 3.8) is 0 Å². The quantitative estimate of drug-likeness (QED) is 0.170. The molecule has 272 valence electrons. The molecule has 0 atom stereocenters. The number of thiophene rings is 1. The average molecular weight is 757 g/mol. The van der Waals surface area contributed by atoms with Crippen LogP contribution in [0.4, 0.5) is 0 Å². The fourth-order valence-corrected chi connectivity index (χ4v) is 11.7. The van der Waals surface area contributed by atoms with Crippen LogP contribution in [0.25, 0.3) is 108 Å². The van der Waals surface area contributed by atoms with Gasteiger partial charge in [-0.15, -0.1) is 11.3 Å². The molecule has 0 amide bonds. The van der Waals surface area contributed by atoms with E-state index >= 15 is 0 Å². The highest BCUT2D eigenvalue weighted by molar-refractivity contribution is 7.27. The Labute approximate surface area is 339 Å². The summed E-state index contributed by atoms with van der Waals surface area (Å²) < 4.78 is 7.63. The molecule has 0 radical (unpaired) electrons. The summed E-state index contributed by atoms with van der Waals surface area (Å²) in [5.41, 5.74) is 15.1. The van der Waals surface area contributed by atoms with Crippen molar-refractivity contribution in [2.45, 2.75) is 19.3 Å². The Morgan fingerprint density at radius 3 is 1.81 bits per heavy atom. The first-order chi connectivity index (χ1) is 28.5. The van der Waals surface area contributed by atoms with Crippen LogP contribution >= 0.6 is 11.3 Å². The van der Waals surface area contributed by atoms with E-state index in [0.29, 0.717) is 0 Å². The number of rotatable bonds is 3. The molecule has 0 unspecified atom stereocenters. The van der Waals surface area contributed by atoms with E-state index in [9.17, 15) is 0 Å². The lowest BCUT2D eigenvalue weighted by molar-refractivity contribution is 0.660. The van der Waals surface area contributed by atoms with E-state index in [2.05, 4.69) is 205 Å². The van der Waals surface area contributed by atoms with Crippen LogP contribution in [0.1, 0.15) is 25.0 Å². The number of hydrogen-bond donors (Lipinski definition) is 0. The normalized spacial score (nSPS) is 13.5. The Morgan fingerprint density at radius 1 is 0.397 bits per heavy atom. The Bertz CT molecular complexity index is 3710. The molecule has 0 spiro atoms. The maximum absolute atomic E-state index is 2.58. The molecule has 0 saturated heterocycles. The monoisotopic (exact) mass is 756 g/mol. The third kappa shape index (κ3) is 4.21. The summed E-state index contributed by atoms with van der Waals surface area (Å²) in [6.07, 6.45) is 0. The summed E-state index contributed by atoms with van der Waals surface area (Å²) in [7, 11) is 0. The maximum atomic E-state index is 2.58. The Balaban J connectivity index is 1.12. The number of fused-ring (bicyclic) bond motifs is 16. The van der Waals surface area contributed by atoms with Crippen LogP contribution in [0.5, 0.6) is 0 Å². The molecule has 58 heavy (non-hydrogen) atoms. The van der Waals surface area contributed by atoms with Gasteiger partial charge in [-0.05, 0) is 105 Å². The number of benzene rings is 9. The van der Waals surface area contributed by atoms with Gasteiger partial charge < -0.3 is 9.13 Å². The van der Waals surface area contributed by atoms with Gasteiger partial charge in [-0.1, -0.05) is 135 Å². The van der Waals surface area contributed by atoms with Crippen LogP contribution in [0.2, 0.25) is 0 Å². The average Bonchev–Trinajstić information content (AvgIpc) is 3.99. The molecule has 3 heteroatoms. The van der Waals surface area contributed by atoms with Crippen molar-refractivity contribution in [1.82, 2.24) is 9.13 Å². The first-order valence-corrected chi connectivity index (χ1v) is 21.0. The van der Waals surface area contributed by atoms with Gasteiger partial charge in [0.2, 0.25) is 0 Å². The highest BCUT2D eigenvalue weighted by atomic mass is 32.1. The summed E-state index contributed by atoms with van der Waals surface area (Å²) in [6.45, 7) is 4.76. The third-order valence-corrected chi connectivity index (χ3v) is 14.3. The zero-order chi connectivity index (χ0) is 38.3. The Hall–Kier alpha value is -6.94. The number of nitrogens with zero attached hydrogens (tertiary/aromatic N) is 2. The van der Waals surface area contributed by atoms with Gasteiger partial charge in [0.15, 0.2) is 0 Å². The lowest BCUT2D eigenvalue weighted by Crippen LogP contribution is -2.15. The van der Waals surface area contributed by atoms with Crippen molar-refractivity contribution >= 4 is 85.9 Å². The summed E-state index contributed by atoms with van der Waals surface area (Å²) >= 11 is 1.93. The number of aromatic nitrogens is 2. The molecule has 3 heterocycles. The van der Waals surface area contributed by atoms with Gasteiger partial charge in [0.1, 0.15) is 0 Å². The third-order valence-electron chi connectivity index (χ3n) is 13.1. The van der Waals surface area contributed by atoms with Crippen molar-refractivity contribution in [2.75, 3.05) is 0 Å². The van der Waals surface area contributed by atoms with E-state index in [1.807, 2.05) is 11.3 Å². The number of hydrogen-bond acceptors (Lipinski definition) is 1. The first-order valence-electron chi connectivity index (χ1n) is 20.2. The molecule has 0 fully saturated rings. The van der Waals surface area contributed by atoms with Gasteiger partial charge in [0.05, 0.1) is 26.8 Å².